The first-order valence-corrected chi connectivity index (χ1v) is 14.4. The van der Waals surface area contributed by atoms with Crippen molar-refractivity contribution in [3.63, 3.8) is 0 Å². The first-order valence-electron chi connectivity index (χ1n) is 12.2. The van der Waals surface area contributed by atoms with E-state index in [1.807, 2.05) is 37.6 Å². The number of aromatic nitrogens is 5. The minimum absolute atomic E-state index is 0.282. The molecule has 196 valence electrons. The number of sulfonamides is 1. The highest BCUT2D eigenvalue weighted by Gasteiger charge is 2.29. The third-order valence-electron chi connectivity index (χ3n) is 6.83. The van der Waals surface area contributed by atoms with E-state index < -0.39 is 10.0 Å². The van der Waals surface area contributed by atoms with Gasteiger partial charge in [-0.15, -0.1) is 0 Å². The summed E-state index contributed by atoms with van der Waals surface area (Å²) in [6.07, 6.45) is 8.96. The predicted octanol–water partition coefficient (Wildman–Crippen LogP) is 3.94. The number of fused-ring (bicyclic) bond motifs is 1. The van der Waals surface area contributed by atoms with Crippen LogP contribution >= 0.6 is 15.9 Å². The van der Waals surface area contributed by atoms with Crippen LogP contribution in [-0.2, 0) is 17.1 Å². The van der Waals surface area contributed by atoms with Crippen LogP contribution in [0.1, 0.15) is 5.56 Å². The maximum absolute atomic E-state index is 13.1. The number of halogens is 1. The second-order valence-corrected chi connectivity index (χ2v) is 12.1. The fraction of sp³-hybridized carbons (Fsp3) is 0.185. The Balaban J connectivity index is 1.26. The smallest absolute Gasteiger partial charge is 0.243 e. The summed E-state index contributed by atoms with van der Waals surface area (Å²) in [6.45, 7) is 1.80. The van der Waals surface area contributed by atoms with Crippen LogP contribution in [-0.4, -0.2) is 63.3 Å². The molecule has 1 aromatic carbocycles. The van der Waals surface area contributed by atoms with Gasteiger partial charge in [0.2, 0.25) is 10.0 Å². The summed E-state index contributed by atoms with van der Waals surface area (Å²) >= 11 is 3.35. The normalized spacial score (nSPS) is 14.5. The van der Waals surface area contributed by atoms with E-state index in [-0.39, 0.29) is 4.90 Å². The molecule has 0 atom stereocenters. The number of benzene rings is 1. The maximum atomic E-state index is 13.1. The van der Waals surface area contributed by atoms with Crippen LogP contribution in [0, 0.1) is 11.3 Å². The second-order valence-electron chi connectivity index (χ2n) is 9.26. The van der Waals surface area contributed by atoms with Crippen molar-refractivity contribution in [3.05, 3.63) is 83.5 Å². The van der Waals surface area contributed by atoms with E-state index in [0.717, 1.165) is 32.5 Å². The Hall–Kier alpha value is -4.05. The van der Waals surface area contributed by atoms with Gasteiger partial charge in [0.25, 0.3) is 0 Å². The second kappa shape index (κ2) is 9.92. The molecular formula is C27H23BrN8O2S. The molecule has 1 saturated heterocycles. The highest BCUT2D eigenvalue weighted by Crippen LogP contribution is 2.32. The molecule has 4 aromatic heterocycles. The van der Waals surface area contributed by atoms with Gasteiger partial charge in [-0.25, -0.2) is 17.9 Å². The minimum Gasteiger partial charge on any atom is -0.354 e. The topological polar surface area (TPSA) is 112 Å². The Morgan fingerprint density at radius 1 is 0.923 bits per heavy atom. The highest BCUT2D eigenvalue weighted by molar-refractivity contribution is 9.10. The van der Waals surface area contributed by atoms with Gasteiger partial charge in [0, 0.05) is 78.5 Å². The molecule has 1 fully saturated rings. The lowest BCUT2D eigenvalue weighted by atomic mass is 10.0. The van der Waals surface area contributed by atoms with Crippen LogP contribution in [0.15, 0.2) is 82.8 Å². The van der Waals surface area contributed by atoms with Gasteiger partial charge < -0.3 is 4.90 Å². The van der Waals surface area contributed by atoms with Crippen molar-refractivity contribution < 1.29 is 8.42 Å². The number of nitriles is 1. The zero-order valence-electron chi connectivity index (χ0n) is 20.9. The molecular weight excluding hydrogens is 580 g/mol. The number of rotatable bonds is 5. The van der Waals surface area contributed by atoms with Crippen LogP contribution in [0.4, 0.5) is 5.82 Å². The average Bonchev–Trinajstić information content (AvgIpc) is 3.58. The van der Waals surface area contributed by atoms with E-state index in [0.29, 0.717) is 37.3 Å². The molecule has 0 amide bonds. The van der Waals surface area contributed by atoms with E-state index in [1.54, 1.807) is 52.1 Å². The van der Waals surface area contributed by atoms with E-state index in [1.165, 1.54) is 4.31 Å². The number of anilines is 1. The molecule has 39 heavy (non-hydrogen) atoms. The molecule has 6 rings (SSSR count). The lowest BCUT2D eigenvalue weighted by molar-refractivity contribution is 0.384. The van der Waals surface area contributed by atoms with Gasteiger partial charge >= 0.3 is 0 Å². The third-order valence-corrected chi connectivity index (χ3v) is 9.21. The molecule has 0 aliphatic carbocycles. The molecule has 0 spiro atoms. The molecule has 0 radical (unpaired) electrons. The van der Waals surface area contributed by atoms with Gasteiger partial charge in [-0.3, -0.25) is 4.68 Å². The molecule has 0 saturated carbocycles. The van der Waals surface area contributed by atoms with Crippen LogP contribution in [0.25, 0.3) is 27.8 Å². The number of hydrogen-bond acceptors (Lipinski definition) is 7. The summed E-state index contributed by atoms with van der Waals surface area (Å²) in [6, 6.07) is 14.9. The SMILES string of the molecule is Cn1cc(-c2cc(-c3ccc(N4CCN(S(=O)(=O)c5cccc(Br)c5)CC4)nc3)c3c(C#N)cnn3c2)cn1. The van der Waals surface area contributed by atoms with Gasteiger partial charge in [0.05, 0.1) is 28.4 Å². The van der Waals surface area contributed by atoms with Crippen LogP contribution in [0.2, 0.25) is 0 Å². The minimum atomic E-state index is -3.56. The molecule has 5 aromatic rings. The standard InChI is InChI=1S/C27H23BrN8O2S/c1-33-17-22(16-31-33)20-11-25(27-21(13-29)15-32-36(27)18-20)19-5-6-26(30-14-19)34-7-9-35(10-8-34)39(37,38)24-4-2-3-23(28)12-24/h2-6,11-12,14-18H,7-10H2,1H3. The number of hydrogen-bond donors (Lipinski definition) is 0. The quantitative estimate of drug-likeness (QED) is 0.299. The lowest BCUT2D eigenvalue weighted by Gasteiger charge is -2.34. The van der Waals surface area contributed by atoms with Gasteiger partial charge in [0.1, 0.15) is 11.9 Å². The Morgan fingerprint density at radius 3 is 2.41 bits per heavy atom. The fourth-order valence-electron chi connectivity index (χ4n) is 4.82. The van der Waals surface area contributed by atoms with Gasteiger partial charge in [0.15, 0.2) is 0 Å². The molecule has 1 aliphatic heterocycles. The Morgan fingerprint density at radius 2 is 1.74 bits per heavy atom. The van der Waals surface area contributed by atoms with Crippen molar-refractivity contribution in [2.24, 2.45) is 7.05 Å². The number of piperazine rings is 1. The van der Waals surface area contributed by atoms with E-state index in [9.17, 15) is 13.7 Å². The zero-order valence-corrected chi connectivity index (χ0v) is 23.3. The molecule has 1 aliphatic rings. The number of aryl methyl sites for hydroxylation is 1. The average molecular weight is 604 g/mol. The van der Waals surface area contributed by atoms with Crippen LogP contribution in [0.5, 0.6) is 0 Å². The largest absolute Gasteiger partial charge is 0.354 e. The van der Waals surface area contributed by atoms with Gasteiger partial charge in [-0.2, -0.15) is 19.8 Å². The van der Waals surface area contributed by atoms with Crippen molar-refractivity contribution in [3.8, 4) is 28.3 Å². The monoisotopic (exact) mass is 602 g/mol. The van der Waals surface area contributed by atoms with Gasteiger partial charge in [-0.1, -0.05) is 22.0 Å². The van der Waals surface area contributed by atoms with Crippen molar-refractivity contribution >= 4 is 37.3 Å². The number of pyridine rings is 2. The van der Waals surface area contributed by atoms with E-state index in [2.05, 4.69) is 37.1 Å². The molecule has 0 unspecified atom stereocenters. The van der Waals surface area contributed by atoms with E-state index in [4.69, 9.17) is 4.98 Å². The van der Waals surface area contributed by atoms with Crippen molar-refractivity contribution in [1.82, 2.24) is 28.7 Å². The fourth-order valence-corrected chi connectivity index (χ4v) is 6.84. The van der Waals surface area contributed by atoms with Crippen LogP contribution < -0.4 is 4.90 Å². The predicted molar refractivity (Wildman–Crippen MR) is 150 cm³/mol. The Kier molecular flexibility index (Phi) is 6.42. The summed E-state index contributed by atoms with van der Waals surface area (Å²) in [5, 5.41) is 18.3. The van der Waals surface area contributed by atoms with Crippen LogP contribution in [0.3, 0.4) is 0 Å². The zero-order chi connectivity index (χ0) is 27.1. The summed E-state index contributed by atoms with van der Waals surface area (Å²) < 4.78 is 31.9. The summed E-state index contributed by atoms with van der Waals surface area (Å²) in [5.41, 5.74) is 4.75. The molecule has 0 N–H and O–H groups in total. The molecule has 0 bridgehead atoms. The van der Waals surface area contributed by atoms with Gasteiger partial charge in [-0.05, 0) is 36.4 Å². The Labute approximate surface area is 233 Å². The van der Waals surface area contributed by atoms with E-state index >= 15 is 0 Å². The Bertz CT molecular complexity index is 1830. The highest BCUT2D eigenvalue weighted by atomic mass is 79.9. The first kappa shape index (κ1) is 25.2. The molecule has 12 heteroatoms. The molecule has 10 nitrogen and oxygen atoms in total. The molecule has 5 heterocycles. The van der Waals surface area contributed by atoms with Crippen molar-refractivity contribution in [2.45, 2.75) is 4.90 Å². The summed E-state index contributed by atoms with van der Waals surface area (Å²) in [5.74, 6) is 0.770. The number of nitrogens with zero attached hydrogens (tertiary/aromatic N) is 8. The van der Waals surface area contributed by atoms with Crippen molar-refractivity contribution in [2.75, 3.05) is 31.1 Å². The lowest BCUT2D eigenvalue weighted by Crippen LogP contribution is -2.48. The van der Waals surface area contributed by atoms with Crippen molar-refractivity contribution in [1.29, 1.82) is 5.26 Å². The first-order chi connectivity index (χ1) is 18.8. The third kappa shape index (κ3) is 4.69. The summed E-state index contributed by atoms with van der Waals surface area (Å²) in [4.78, 5) is 7.07. The summed E-state index contributed by atoms with van der Waals surface area (Å²) in [7, 11) is -1.70. The maximum Gasteiger partial charge on any atom is 0.243 e.